The lowest BCUT2D eigenvalue weighted by Gasteiger charge is -2.11. The first-order valence-corrected chi connectivity index (χ1v) is 8.11. The Morgan fingerprint density at radius 3 is 2.10 bits per heavy atom. The number of hydrogen-bond acceptors (Lipinski definition) is 3. The van der Waals surface area contributed by atoms with Crippen molar-refractivity contribution in [2.45, 2.75) is 45.1 Å². The predicted octanol–water partition coefficient (Wildman–Crippen LogP) is 2.36. The summed E-state index contributed by atoms with van der Waals surface area (Å²) in [5, 5.41) is 2.74. The zero-order chi connectivity index (χ0) is 15.3. The third-order valence-corrected chi connectivity index (χ3v) is 4.11. The largest absolute Gasteiger partial charge is 0.326 e. The third-order valence-electron chi connectivity index (χ3n) is 2.43. The van der Waals surface area contributed by atoms with Crippen LogP contribution in [0.5, 0.6) is 0 Å². The van der Waals surface area contributed by atoms with Crippen LogP contribution in [0.3, 0.4) is 0 Å². The quantitative estimate of drug-likeness (QED) is 0.846. The van der Waals surface area contributed by atoms with E-state index in [1.165, 1.54) is 12.1 Å². The number of carbonyl (C=O) groups is 1. The van der Waals surface area contributed by atoms with E-state index in [-0.39, 0.29) is 22.8 Å². The fraction of sp³-hybridized carbons (Fsp3) is 0.500. The smallest absolute Gasteiger partial charge is 0.240 e. The predicted molar refractivity (Wildman–Crippen MR) is 80.0 cm³/mol. The van der Waals surface area contributed by atoms with Crippen molar-refractivity contribution in [3.8, 4) is 0 Å². The van der Waals surface area contributed by atoms with Gasteiger partial charge in [0.2, 0.25) is 15.9 Å². The van der Waals surface area contributed by atoms with Gasteiger partial charge in [0.25, 0.3) is 0 Å². The lowest BCUT2D eigenvalue weighted by atomic mass is 10.1. The molecule has 5 nitrogen and oxygen atoms in total. The zero-order valence-corrected chi connectivity index (χ0v) is 13.1. The minimum absolute atomic E-state index is 0.0732. The van der Waals surface area contributed by atoms with Gasteiger partial charge in [-0.05, 0) is 44.0 Å². The van der Waals surface area contributed by atoms with Crippen LogP contribution >= 0.6 is 0 Å². The van der Waals surface area contributed by atoms with Gasteiger partial charge in [0.05, 0.1) is 4.90 Å². The Morgan fingerprint density at radius 1 is 1.10 bits per heavy atom. The Morgan fingerprint density at radius 2 is 1.65 bits per heavy atom. The summed E-state index contributed by atoms with van der Waals surface area (Å²) in [5.74, 6) is 0.209. The standard InChI is InChI=1S/C14H22N2O3S/c1-10(2)9-14(17)15-12-5-7-13(8-6-12)20(18,19)16-11(3)4/h5-8,10-11,16H,9H2,1-4H3,(H,15,17). The van der Waals surface area contributed by atoms with Crippen LogP contribution in [0.25, 0.3) is 0 Å². The molecule has 0 fully saturated rings. The summed E-state index contributed by atoms with van der Waals surface area (Å²) in [6.07, 6.45) is 0.439. The number of sulfonamides is 1. The van der Waals surface area contributed by atoms with Crippen LogP contribution in [-0.2, 0) is 14.8 Å². The van der Waals surface area contributed by atoms with Crippen molar-refractivity contribution in [1.82, 2.24) is 4.72 Å². The molecule has 0 spiro atoms. The molecule has 0 radical (unpaired) electrons. The second-order valence-electron chi connectivity index (χ2n) is 5.45. The van der Waals surface area contributed by atoms with E-state index in [2.05, 4.69) is 10.0 Å². The SMILES string of the molecule is CC(C)CC(=O)Nc1ccc(S(=O)(=O)NC(C)C)cc1. The Labute approximate surface area is 120 Å². The topological polar surface area (TPSA) is 75.3 Å². The lowest BCUT2D eigenvalue weighted by Crippen LogP contribution is -2.30. The van der Waals surface area contributed by atoms with E-state index in [1.807, 2.05) is 13.8 Å². The molecular weight excluding hydrogens is 276 g/mol. The van der Waals surface area contributed by atoms with Crippen molar-refractivity contribution in [2.75, 3.05) is 5.32 Å². The van der Waals surface area contributed by atoms with E-state index in [4.69, 9.17) is 0 Å². The van der Waals surface area contributed by atoms with Crippen LogP contribution in [0.15, 0.2) is 29.2 Å². The molecule has 112 valence electrons. The average Bonchev–Trinajstić information content (AvgIpc) is 2.26. The Kier molecular flexibility index (Phi) is 5.71. The minimum Gasteiger partial charge on any atom is -0.326 e. The summed E-state index contributed by atoms with van der Waals surface area (Å²) in [6.45, 7) is 7.45. The molecule has 0 aliphatic carbocycles. The molecule has 0 aliphatic rings. The highest BCUT2D eigenvalue weighted by Crippen LogP contribution is 2.15. The van der Waals surface area contributed by atoms with Gasteiger partial charge in [-0.25, -0.2) is 13.1 Å². The molecule has 6 heteroatoms. The number of carbonyl (C=O) groups excluding carboxylic acids is 1. The molecule has 2 N–H and O–H groups in total. The van der Waals surface area contributed by atoms with E-state index in [9.17, 15) is 13.2 Å². The monoisotopic (exact) mass is 298 g/mol. The van der Waals surface area contributed by atoms with Crippen LogP contribution in [-0.4, -0.2) is 20.4 Å². The highest BCUT2D eigenvalue weighted by Gasteiger charge is 2.15. The van der Waals surface area contributed by atoms with Gasteiger partial charge in [-0.2, -0.15) is 0 Å². The van der Waals surface area contributed by atoms with Gasteiger partial charge in [-0.3, -0.25) is 4.79 Å². The van der Waals surface area contributed by atoms with E-state index in [0.717, 1.165) is 0 Å². The number of anilines is 1. The molecule has 0 bridgehead atoms. The number of benzene rings is 1. The average molecular weight is 298 g/mol. The minimum atomic E-state index is -3.49. The van der Waals surface area contributed by atoms with Gasteiger partial charge in [0, 0.05) is 18.2 Å². The van der Waals surface area contributed by atoms with Gasteiger partial charge in [-0.15, -0.1) is 0 Å². The zero-order valence-electron chi connectivity index (χ0n) is 12.3. The van der Waals surface area contributed by atoms with E-state index >= 15 is 0 Å². The van der Waals surface area contributed by atoms with Gasteiger partial charge in [0.1, 0.15) is 0 Å². The normalized spacial score (nSPS) is 11.9. The fourth-order valence-electron chi connectivity index (χ4n) is 1.68. The molecule has 0 unspecified atom stereocenters. The van der Waals surface area contributed by atoms with Crippen LogP contribution < -0.4 is 10.0 Å². The first kappa shape index (κ1) is 16.7. The molecule has 0 saturated carbocycles. The number of hydrogen-bond donors (Lipinski definition) is 2. The Bertz CT molecular complexity index is 548. The Hall–Kier alpha value is -1.40. The second kappa shape index (κ2) is 6.85. The summed E-state index contributed by atoms with van der Waals surface area (Å²) in [5.41, 5.74) is 0.596. The maximum Gasteiger partial charge on any atom is 0.240 e. The van der Waals surface area contributed by atoms with Gasteiger partial charge >= 0.3 is 0 Å². The molecule has 1 aromatic rings. The summed E-state index contributed by atoms with van der Waals surface area (Å²) >= 11 is 0. The van der Waals surface area contributed by atoms with Gasteiger partial charge in [-0.1, -0.05) is 13.8 Å². The van der Waals surface area contributed by atoms with Crippen LogP contribution in [0, 0.1) is 5.92 Å². The van der Waals surface area contributed by atoms with Crippen LogP contribution in [0.4, 0.5) is 5.69 Å². The molecule has 0 atom stereocenters. The summed E-state index contributed by atoms with van der Waals surface area (Å²) < 4.78 is 26.4. The van der Waals surface area contributed by atoms with E-state index in [0.29, 0.717) is 12.1 Å². The highest BCUT2D eigenvalue weighted by molar-refractivity contribution is 7.89. The van der Waals surface area contributed by atoms with Crippen molar-refractivity contribution in [3.05, 3.63) is 24.3 Å². The highest BCUT2D eigenvalue weighted by atomic mass is 32.2. The van der Waals surface area contributed by atoms with E-state index in [1.54, 1.807) is 26.0 Å². The third kappa shape index (κ3) is 5.30. The number of amides is 1. The van der Waals surface area contributed by atoms with Gasteiger partial charge in [0.15, 0.2) is 0 Å². The maximum atomic E-state index is 11.9. The van der Waals surface area contributed by atoms with Gasteiger partial charge < -0.3 is 5.32 Å². The molecule has 0 aliphatic heterocycles. The molecule has 1 amide bonds. The summed E-state index contributed by atoms with van der Waals surface area (Å²) in [4.78, 5) is 11.8. The van der Waals surface area contributed by atoms with Crippen molar-refractivity contribution < 1.29 is 13.2 Å². The molecular formula is C14H22N2O3S. The molecule has 0 heterocycles. The number of nitrogens with one attached hydrogen (secondary N) is 2. The second-order valence-corrected chi connectivity index (χ2v) is 7.16. The van der Waals surface area contributed by atoms with Crippen molar-refractivity contribution in [3.63, 3.8) is 0 Å². The van der Waals surface area contributed by atoms with Crippen LogP contribution in [0.1, 0.15) is 34.1 Å². The number of rotatable bonds is 6. The van der Waals surface area contributed by atoms with Crippen LogP contribution in [0.2, 0.25) is 0 Å². The Balaban J connectivity index is 2.77. The van der Waals surface area contributed by atoms with E-state index < -0.39 is 10.0 Å². The fourth-order valence-corrected chi connectivity index (χ4v) is 2.93. The van der Waals surface area contributed by atoms with Crippen molar-refractivity contribution >= 4 is 21.6 Å². The van der Waals surface area contributed by atoms with Crippen molar-refractivity contribution in [2.24, 2.45) is 5.92 Å². The molecule has 20 heavy (non-hydrogen) atoms. The molecule has 1 rings (SSSR count). The molecule has 0 aromatic heterocycles. The lowest BCUT2D eigenvalue weighted by molar-refractivity contribution is -0.116. The van der Waals surface area contributed by atoms with Crippen molar-refractivity contribution in [1.29, 1.82) is 0 Å². The summed E-state index contributed by atoms with van der Waals surface area (Å²) in [6, 6.07) is 5.98. The molecule has 0 saturated heterocycles. The summed E-state index contributed by atoms with van der Waals surface area (Å²) in [7, 11) is -3.49. The maximum absolute atomic E-state index is 11.9. The molecule has 1 aromatic carbocycles. The first-order valence-electron chi connectivity index (χ1n) is 6.63. The first-order chi connectivity index (χ1) is 9.20.